The van der Waals surface area contributed by atoms with Gasteiger partial charge in [0.25, 0.3) is 0 Å². The lowest BCUT2D eigenvalue weighted by Crippen LogP contribution is -2.44. The molecule has 0 aliphatic carbocycles. The van der Waals surface area contributed by atoms with Crippen molar-refractivity contribution >= 4 is 24.0 Å². The number of hydrogen-bond acceptors (Lipinski definition) is 1. The van der Waals surface area contributed by atoms with E-state index < -0.39 is 0 Å². The summed E-state index contributed by atoms with van der Waals surface area (Å²) in [4.78, 5) is 2.52. The van der Waals surface area contributed by atoms with Crippen LogP contribution >= 0.6 is 24.0 Å². The van der Waals surface area contributed by atoms with Gasteiger partial charge >= 0.3 is 0 Å². The number of likely N-dealkylation sites (tertiary alicyclic amines) is 1. The van der Waals surface area contributed by atoms with Gasteiger partial charge in [0.15, 0.2) is 0 Å². The lowest BCUT2D eigenvalue weighted by Gasteiger charge is -2.38. The molecule has 0 N–H and O–H groups in total. The third-order valence-electron chi connectivity index (χ3n) is 2.72. The van der Waals surface area contributed by atoms with Crippen molar-refractivity contribution in [2.24, 2.45) is 0 Å². The van der Waals surface area contributed by atoms with Crippen LogP contribution in [0, 0.1) is 0 Å². The molecule has 0 amide bonds. The van der Waals surface area contributed by atoms with Crippen LogP contribution in [0.1, 0.15) is 33.1 Å². The molecule has 0 bridgehead atoms. The standard InChI is InChI=1S/C9H18ClN.ClH/c1-8-4-3-5-9(2)11(8)7-6-10;/h8-9H,3-7H2,1-2H3;1H. The number of halogens is 2. The van der Waals surface area contributed by atoms with Gasteiger partial charge in [-0.1, -0.05) is 6.42 Å². The highest BCUT2D eigenvalue weighted by Gasteiger charge is 2.23. The zero-order valence-corrected chi connectivity index (χ0v) is 9.50. The average molecular weight is 212 g/mol. The minimum Gasteiger partial charge on any atom is -0.297 e. The first kappa shape index (κ1) is 12.5. The molecule has 0 spiro atoms. The Morgan fingerprint density at radius 3 is 2.17 bits per heavy atom. The second kappa shape index (κ2) is 6.06. The van der Waals surface area contributed by atoms with Crippen LogP contribution in [0.25, 0.3) is 0 Å². The number of hydrogen-bond donors (Lipinski definition) is 0. The van der Waals surface area contributed by atoms with Crippen LogP contribution in [0.4, 0.5) is 0 Å². The zero-order chi connectivity index (χ0) is 8.27. The molecule has 1 rings (SSSR count). The fraction of sp³-hybridized carbons (Fsp3) is 1.00. The smallest absolute Gasteiger partial charge is 0.0351 e. The normalized spacial score (nSPS) is 31.2. The van der Waals surface area contributed by atoms with Crippen molar-refractivity contribution in [3.63, 3.8) is 0 Å². The van der Waals surface area contributed by atoms with E-state index >= 15 is 0 Å². The first-order valence-corrected chi connectivity index (χ1v) is 5.11. The summed E-state index contributed by atoms with van der Waals surface area (Å²) in [7, 11) is 0. The van der Waals surface area contributed by atoms with Gasteiger partial charge in [-0.15, -0.1) is 24.0 Å². The van der Waals surface area contributed by atoms with Gasteiger partial charge in [0.2, 0.25) is 0 Å². The van der Waals surface area contributed by atoms with Crippen LogP contribution in [0.5, 0.6) is 0 Å². The highest BCUT2D eigenvalue weighted by atomic mass is 35.5. The van der Waals surface area contributed by atoms with Crippen LogP contribution in [0.2, 0.25) is 0 Å². The van der Waals surface area contributed by atoms with Crippen LogP contribution in [-0.2, 0) is 0 Å². The van der Waals surface area contributed by atoms with E-state index in [1.54, 1.807) is 0 Å². The molecule has 74 valence electrons. The number of nitrogens with zero attached hydrogens (tertiary/aromatic N) is 1. The molecule has 1 aliphatic heterocycles. The Balaban J connectivity index is 0.00000121. The largest absolute Gasteiger partial charge is 0.297 e. The third kappa shape index (κ3) is 3.12. The summed E-state index contributed by atoms with van der Waals surface area (Å²) in [5.41, 5.74) is 0. The van der Waals surface area contributed by atoms with E-state index in [9.17, 15) is 0 Å². The van der Waals surface area contributed by atoms with E-state index in [0.29, 0.717) is 0 Å². The van der Waals surface area contributed by atoms with E-state index in [-0.39, 0.29) is 12.4 Å². The molecular formula is C9H19Cl2N. The lowest BCUT2D eigenvalue weighted by molar-refractivity contribution is 0.112. The first-order valence-electron chi connectivity index (χ1n) is 4.57. The molecule has 0 aromatic rings. The van der Waals surface area contributed by atoms with Crippen molar-refractivity contribution in [1.29, 1.82) is 0 Å². The number of alkyl halides is 1. The summed E-state index contributed by atoms with van der Waals surface area (Å²) in [6.45, 7) is 5.67. The Morgan fingerprint density at radius 1 is 1.25 bits per heavy atom. The SMILES string of the molecule is CC1CCCC(C)N1CCCl.Cl. The van der Waals surface area contributed by atoms with E-state index in [1.165, 1.54) is 19.3 Å². The summed E-state index contributed by atoms with van der Waals surface area (Å²) in [6, 6.07) is 1.50. The zero-order valence-electron chi connectivity index (χ0n) is 7.92. The van der Waals surface area contributed by atoms with Crippen molar-refractivity contribution < 1.29 is 0 Å². The number of rotatable bonds is 2. The first-order chi connectivity index (χ1) is 5.25. The molecule has 1 fully saturated rings. The van der Waals surface area contributed by atoms with Gasteiger partial charge in [0.1, 0.15) is 0 Å². The maximum absolute atomic E-state index is 5.72. The van der Waals surface area contributed by atoms with Gasteiger partial charge in [-0.3, -0.25) is 4.90 Å². The van der Waals surface area contributed by atoms with E-state index in [2.05, 4.69) is 18.7 Å². The van der Waals surface area contributed by atoms with Crippen molar-refractivity contribution in [2.45, 2.75) is 45.2 Å². The molecule has 2 atom stereocenters. The topological polar surface area (TPSA) is 3.24 Å². The predicted molar refractivity (Wildman–Crippen MR) is 57.4 cm³/mol. The van der Waals surface area contributed by atoms with E-state index in [4.69, 9.17) is 11.6 Å². The third-order valence-corrected chi connectivity index (χ3v) is 2.89. The molecule has 0 saturated carbocycles. The molecule has 0 aromatic carbocycles. The van der Waals surface area contributed by atoms with Gasteiger partial charge in [-0.05, 0) is 26.7 Å². The molecule has 0 aromatic heterocycles. The summed E-state index contributed by atoms with van der Waals surface area (Å²) in [5.74, 6) is 0.773. The minimum absolute atomic E-state index is 0. The van der Waals surface area contributed by atoms with E-state index in [0.717, 1.165) is 24.5 Å². The Morgan fingerprint density at radius 2 is 1.75 bits per heavy atom. The molecule has 3 heteroatoms. The molecule has 2 unspecified atom stereocenters. The summed E-state index contributed by atoms with van der Waals surface area (Å²) in [6.07, 6.45) is 4.09. The van der Waals surface area contributed by atoms with Crippen molar-refractivity contribution in [2.75, 3.05) is 12.4 Å². The van der Waals surface area contributed by atoms with Gasteiger partial charge in [0, 0.05) is 24.5 Å². The Bertz CT molecular complexity index is 109. The van der Waals surface area contributed by atoms with Gasteiger partial charge in [-0.25, -0.2) is 0 Å². The molecular weight excluding hydrogens is 193 g/mol. The summed E-state index contributed by atoms with van der Waals surface area (Å²) >= 11 is 5.72. The quantitative estimate of drug-likeness (QED) is 0.636. The average Bonchev–Trinajstić information content (AvgIpc) is 1.97. The second-order valence-corrected chi connectivity index (χ2v) is 3.93. The Labute approximate surface area is 86.9 Å². The lowest BCUT2D eigenvalue weighted by atomic mass is 9.98. The Hall–Kier alpha value is 0.540. The number of piperidine rings is 1. The van der Waals surface area contributed by atoms with E-state index in [1.807, 2.05) is 0 Å². The summed E-state index contributed by atoms with van der Waals surface area (Å²) < 4.78 is 0. The van der Waals surface area contributed by atoms with Crippen LogP contribution in [-0.4, -0.2) is 29.4 Å². The van der Waals surface area contributed by atoms with Crippen molar-refractivity contribution in [3.8, 4) is 0 Å². The fourth-order valence-electron chi connectivity index (χ4n) is 2.01. The molecule has 1 saturated heterocycles. The van der Waals surface area contributed by atoms with Crippen molar-refractivity contribution in [1.82, 2.24) is 4.90 Å². The second-order valence-electron chi connectivity index (χ2n) is 3.56. The molecule has 12 heavy (non-hydrogen) atoms. The highest BCUT2D eigenvalue weighted by Crippen LogP contribution is 2.21. The van der Waals surface area contributed by atoms with Gasteiger partial charge in [-0.2, -0.15) is 0 Å². The predicted octanol–water partition coefficient (Wildman–Crippen LogP) is 2.91. The molecule has 1 heterocycles. The highest BCUT2D eigenvalue weighted by molar-refractivity contribution is 6.18. The van der Waals surface area contributed by atoms with Gasteiger partial charge in [0.05, 0.1) is 0 Å². The maximum atomic E-state index is 5.72. The van der Waals surface area contributed by atoms with Crippen molar-refractivity contribution in [3.05, 3.63) is 0 Å². The van der Waals surface area contributed by atoms with Gasteiger partial charge < -0.3 is 0 Å². The molecule has 0 radical (unpaired) electrons. The maximum Gasteiger partial charge on any atom is 0.0351 e. The summed E-state index contributed by atoms with van der Waals surface area (Å²) in [5, 5.41) is 0. The van der Waals surface area contributed by atoms with Crippen LogP contribution in [0.3, 0.4) is 0 Å². The fourth-order valence-corrected chi connectivity index (χ4v) is 2.21. The monoisotopic (exact) mass is 211 g/mol. The molecule has 1 aliphatic rings. The van der Waals surface area contributed by atoms with Crippen LogP contribution < -0.4 is 0 Å². The van der Waals surface area contributed by atoms with Crippen LogP contribution in [0.15, 0.2) is 0 Å². The Kier molecular flexibility index (Phi) is 6.34. The molecule has 1 nitrogen and oxygen atoms in total. The minimum atomic E-state index is 0.